The third-order valence-corrected chi connectivity index (χ3v) is 12.2. The molecule has 12 nitrogen and oxygen atoms in total. The number of esters is 2. The molecule has 2 aliphatic heterocycles. The number of non-ortho nitro benzene ring substituents is 1. The second-order valence-electron chi connectivity index (χ2n) is 16.5. The van der Waals surface area contributed by atoms with Crippen LogP contribution in [-0.2, 0) is 25.5 Å². The van der Waals surface area contributed by atoms with Gasteiger partial charge in [-0.05, 0) is 124 Å². The summed E-state index contributed by atoms with van der Waals surface area (Å²) < 4.78 is 17.3. The lowest BCUT2D eigenvalue weighted by Crippen LogP contribution is -2.63. The molecule has 3 aromatic carbocycles. The van der Waals surface area contributed by atoms with Crippen LogP contribution in [-0.4, -0.2) is 56.3 Å². The normalized spacial score (nSPS) is 19.4. The molecular weight excluding hydrogens is 821 g/mol. The molecule has 4 atom stereocenters. The number of β-lactam (4-membered cyclic amide) rings is 1. The van der Waals surface area contributed by atoms with Crippen LogP contribution in [0.4, 0.5) is 5.69 Å². The monoisotopic (exact) mass is 874 g/mol. The lowest BCUT2D eigenvalue weighted by Gasteiger charge is -2.50. The number of nitro groups is 1. The number of Topliss-reactive ketones (excluding diaryl/α,β-unsaturated/α-hetero) is 1. The van der Waals surface area contributed by atoms with Gasteiger partial charge >= 0.3 is 11.9 Å². The topological polar surface area (TPSA) is 163 Å². The van der Waals surface area contributed by atoms with E-state index in [0.29, 0.717) is 53.4 Å². The molecule has 1 amide bonds. The van der Waals surface area contributed by atoms with Gasteiger partial charge in [0.05, 0.1) is 16.4 Å². The fourth-order valence-electron chi connectivity index (χ4n) is 8.61. The number of allylic oxidation sites excluding steroid dienone is 6. The molecule has 0 aromatic heterocycles. The maximum Gasteiger partial charge on any atom is 0.363 e. The molecule has 1 saturated heterocycles. The lowest BCUT2D eigenvalue weighted by molar-refractivity contribution is -0.384. The number of aromatic hydroxyl groups is 1. The van der Waals surface area contributed by atoms with Crippen LogP contribution in [0.15, 0.2) is 114 Å². The van der Waals surface area contributed by atoms with Crippen molar-refractivity contribution >= 4 is 46.6 Å². The molecule has 1 N–H and O–H groups in total. The van der Waals surface area contributed by atoms with E-state index in [2.05, 4.69) is 26.5 Å². The Morgan fingerprint density at radius 1 is 1.03 bits per heavy atom. The first-order valence-corrected chi connectivity index (χ1v) is 22.0. The number of rotatable bonds is 19. The average molecular weight is 875 g/mol. The fourth-order valence-corrected chi connectivity index (χ4v) is 8.82. The summed E-state index contributed by atoms with van der Waals surface area (Å²) in [5.74, 6) is -2.28. The third kappa shape index (κ3) is 11.4. The zero-order valence-corrected chi connectivity index (χ0v) is 36.8. The number of carbonyl (C=O) groups is 4. The zero-order valence-electron chi connectivity index (χ0n) is 36.0. The molecule has 13 heteroatoms. The van der Waals surface area contributed by atoms with Crippen molar-refractivity contribution in [1.29, 1.82) is 0 Å². The number of phenols is 1. The van der Waals surface area contributed by atoms with E-state index in [0.717, 1.165) is 61.8 Å². The van der Waals surface area contributed by atoms with Crippen LogP contribution >= 0.6 is 12.2 Å². The van der Waals surface area contributed by atoms with E-state index in [-0.39, 0.29) is 53.3 Å². The van der Waals surface area contributed by atoms with Crippen molar-refractivity contribution in [1.82, 2.24) is 4.90 Å². The molecule has 0 saturated carbocycles. The molecule has 1 aliphatic carbocycles. The summed E-state index contributed by atoms with van der Waals surface area (Å²) in [7, 11) is 0. The third-order valence-electron chi connectivity index (χ3n) is 11.9. The Morgan fingerprint density at radius 3 is 2.48 bits per heavy atom. The number of para-hydroxylation sites is 1. The zero-order chi connectivity index (χ0) is 45.2. The highest BCUT2D eigenvalue weighted by atomic mass is 32.1. The smallest absolute Gasteiger partial charge is 0.363 e. The quantitative estimate of drug-likeness (QED) is 0.0178. The number of ether oxygens (including phenoxy) is 3. The molecule has 0 radical (unpaired) electrons. The van der Waals surface area contributed by atoms with Gasteiger partial charge < -0.3 is 24.2 Å². The van der Waals surface area contributed by atoms with Gasteiger partial charge in [0.15, 0.2) is 10.8 Å². The fraction of sp³-hybridized carbons (Fsp3) is 0.380. The van der Waals surface area contributed by atoms with Crippen LogP contribution in [0.1, 0.15) is 112 Å². The molecule has 63 heavy (non-hydrogen) atoms. The molecule has 2 heterocycles. The van der Waals surface area contributed by atoms with Gasteiger partial charge in [-0.3, -0.25) is 19.7 Å². The Labute approximate surface area is 373 Å². The number of carbonyl (C=O) groups excluding carboxylic acids is 4. The first-order valence-electron chi connectivity index (χ1n) is 21.6. The summed E-state index contributed by atoms with van der Waals surface area (Å²) in [6, 6.07) is 16.8. The van der Waals surface area contributed by atoms with Crippen LogP contribution in [0.2, 0.25) is 0 Å². The number of amides is 1. The number of fused-ring (bicyclic) bond motifs is 1. The SMILES string of the molecule is C=C(C)[C@@H]1CCC(C)=C[C@H]1c1c(O)cc(CCCCC)cc1OC(=S)CC/C=C/C1=C(C(=O)OC(=O)c2ccc([N+](=O)[O-])cc2)N2C(=O)[C@@H](CC(=O)COc3ccccc3)[C@H]2CC1. The molecule has 0 spiro atoms. The largest absolute Gasteiger partial charge is 0.507 e. The summed E-state index contributed by atoms with van der Waals surface area (Å²) in [5, 5.41) is 23.0. The van der Waals surface area contributed by atoms with Gasteiger partial charge in [-0.1, -0.05) is 73.9 Å². The molecule has 3 aromatic rings. The van der Waals surface area contributed by atoms with E-state index < -0.39 is 34.7 Å². The van der Waals surface area contributed by atoms with Crippen molar-refractivity contribution in [3.05, 3.63) is 141 Å². The van der Waals surface area contributed by atoms with Gasteiger partial charge in [-0.25, -0.2) is 9.59 Å². The summed E-state index contributed by atoms with van der Waals surface area (Å²) >= 11 is 5.78. The number of hydrogen-bond donors (Lipinski definition) is 1. The molecule has 6 rings (SSSR count). The number of nitrogens with zero attached hydrogens (tertiary/aromatic N) is 2. The number of phenolic OH excluding ortho intramolecular Hbond substituents is 1. The van der Waals surface area contributed by atoms with Crippen molar-refractivity contribution in [3.63, 3.8) is 0 Å². The summed E-state index contributed by atoms with van der Waals surface area (Å²) in [5.41, 5.74) is 3.96. The number of nitro benzene ring substituents is 1. The predicted molar refractivity (Wildman–Crippen MR) is 242 cm³/mol. The maximum atomic E-state index is 13.8. The van der Waals surface area contributed by atoms with Crippen LogP contribution in [0, 0.1) is 22.0 Å². The van der Waals surface area contributed by atoms with Gasteiger partial charge in [0.2, 0.25) is 5.91 Å². The van der Waals surface area contributed by atoms with E-state index in [9.17, 15) is 34.4 Å². The van der Waals surface area contributed by atoms with Crippen molar-refractivity contribution in [2.45, 2.75) is 103 Å². The molecule has 330 valence electrons. The minimum absolute atomic E-state index is 0.0782. The van der Waals surface area contributed by atoms with E-state index in [1.165, 1.54) is 22.6 Å². The molecule has 3 aliphatic rings. The molecule has 0 bridgehead atoms. The summed E-state index contributed by atoms with van der Waals surface area (Å²) in [6.45, 7) is 10.3. The molecule has 0 unspecified atom stereocenters. The van der Waals surface area contributed by atoms with Crippen LogP contribution < -0.4 is 9.47 Å². The van der Waals surface area contributed by atoms with Gasteiger partial charge in [-0.15, -0.1) is 0 Å². The number of aryl methyl sites for hydroxylation is 1. The first kappa shape index (κ1) is 46.3. The van der Waals surface area contributed by atoms with E-state index >= 15 is 0 Å². The molecule has 1 fully saturated rings. The number of benzene rings is 3. The minimum atomic E-state index is -1.06. The van der Waals surface area contributed by atoms with Crippen LogP contribution in [0.3, 0.4) is 0 Å². The van der Waals surface area contributed by atoms with Gasteiger partial charge in [0, 0.05) is 42.5 Å². The summed E-state index contributed by atoms with van der Waals surface area (Å²) in [6.07, 6.45) is 12.9. The lowest BCUT2D eigenvalue weighted by atomic mass is 9.73. The second kappa shape index (κ2) is 21.2. The van der Waals surface area contributed by atoms with Gasteiger partial charge in [0.25, 0.3) is 5.69 Å². The second-order valence-corrected chi connectivity index (χ2v) is 17.0. The molecular formula is C50H54N2O10S. The standard InChI is InChI=1S/C50H54N2O10S/c1-5-6-8-13-33-27-43(54)46(40-26-32(4)18-24-39(40)31(2)3)44(28-33)61-45(63)17-12-11-14-34-21-25-42-41(29-37(53)30-60-38-15-9-7-10-16-38)48(55)51(42)47(34)50(57)62-49(56)35-19-22-36(23-20-35)52(58)59/h7,9-11,14-16,19-20,22-23,26-28,39-42,54H,2,5-6,8,12-13,17-18,21,24-25,29-30H2,1,3-4H3/b14-11+/t39-,40+,41-,42+/m0/s1. The highest BCUT2D eigenvalue weighted by Gasteiger charge is 2.53. The van der Waals surface area contributed by atoms with Crippen LogP contribution in [0.25, 0.3) is 0 Å². The minimum Gasteiger partial charge on any atom is -0.507 e. The Bertz CT molecular complexity index is 2350. The average Bonchev–Trinajstić information content (AvgIpc) is 3.26. The summed E-state index contributed by atoms with van der Waals surface area (Å²) in [4.78, 5) is 65.4. The van der Waals surface area contributed by atoms with E-state index in [1.54, 1.807) is 30.3 Å². The highest BCUT2D eigenvalue weighted by Crippen LogP contribution is 2.47. The van der Waals surface area contributed by atoms with E-state index in [4.69, 9.17) is 26.4 Å². The van der Waals surface area contributed by atoms with Crippen molar-refractivity contribution in [3.8, 4) is 17.2 Å². The first-order chi connectivity index (χ1) is 30.2. The van der Waals surface area contributed by atoms with E-state index in [1.807, 2.05) is 31.2 Å². The van der Waals surface area contributed by atoms with Crippen molar-refractivity contribution < 1.29 is 43.4 Å². The predicted octanol–water partition coefficient (Wildman–Crippen LogP) is 10.4. The highest BCUT2D eigenvalue weighted by molar-refractivity contribution is 7.80. The van der Waals surface area contributed by atoms with Crippen molar-refractivity contribution in [2.75, 3.05) is 6.61 Å². The van der Waals surface area contributed by atoms with Gasteiger partial charge in [0.1, 0.15) is 29.6 Å². The van der Waals surface area contributed by atoms with Gasteiger partial charge in [-0.2, -0.15) is 0 Å². The van der Waals surface area contributed by atoms with Crippen LogP contribution in [0.5, 0.6) is 17.2 Å². The Hall–Kier alpha value is -6.21. The Kier molecular flexibility index (Phi) is 15.6. The Balaban J connectivity index is 1.19. The number of thiocarbonyl (C=S) groups is 1. The Morgan fingerprint density at radius 2 is 1.78 bits per heavy atom. The number of unbranched alkanes of at least 4 members (excludes halogenated alkanes) is 2. The maximum absolute atomic E-state index is 13.8. The number of ketones is 1. The number of hydrogen-bond acceptors (Lipinski definition) is 11. The van der Waals surface area contributed by atoms with Crippen molar-refractivity contribution in [2.24, 2.45) is 11.8 Å².